The number of benzene rings is 1. The third-order valence-corrected chi connectivity index (χ3v) is 4.17. The highest BCUT2D eigenvalue weighted by molar-refractivity contribution is 6.16. The number of hydrogen-bond acceptors (Lipinski definition) is 5. The summed E-state index contributed by atoms with van der Waals surface area (Å²) >= 11 is 0. The number of H-pyrrole nitrogens is 2. The van der Waals surface area contributed by atoms with E-state index in [1.165, 1.54) is 7.11 Å². The number of methoxy groups -OCH3 is 1. The number of imide groups is 2. The maximum Gasteiger partial charge on any atom is 0.328 e. The van der Waals surface area contributed by atoms with E-state index in [0.717, 1.165) is 0 Å². The van der Waals surface area contributed by atoms with Crippen LogP contribution in [-0.4, -0.2) is 35.2 Å². The molecule has 2 aromatic rings. The normalized spacial score (nSPS) is 16.3. The van der Waals surface area contributed by atoms with Crippen molar-refractivity contribution in [2.45, 2.75) is 12.8 Å². The van der Waals surface area contributed by atoms with Crippen LogP contribution >= 0.6 is 0 Å². The molecule has 0 saturated carbocycles. The van der Waals surface area contributed by atoms with Crippen molar-refractivity contribution in [3.8, 4) is 5.75 Å². The smallest absolute Gasteiger partial charge is 0.328 e. The Balaban J connectivity index is 2.15. The van der Waals surface area contributed by atoms with Gasteiger partial charge in [0.05, 0.1) is 7.11 Å². The van der Waals surface area contributed by atoms with Crippen LogP contribution in [0.3, 0.4) is 0 Å². The maximum absolute atomic E-state index is 12.3. The summed E-state index contributed by atoms with van der Waals surface area (Å²) in [4.78, 5) is 48.3. The zero-order chi connectivity index (χ0) is 18.1. The van der Waals surface area contributed by atoms with E-state index in [1.54, 1.807) is 31.2 Å². The first-order chi connectivity index (χ1) is 11.9. The van der Waals surface area contributed by atoms with Crippen LogP contribution in [0.1, 0.15) is 22.7 Å². The lowest BCUT2D eigenvalue weighted by molar-refractivity contribution is -0.136. The second kappa shape index (κ2) is 6.27. The van der Waals surface area contributed by atoms with Gasteiger partial charge in [0, 0.05) is 17.2 Å². The molecule has 1 fully saturated rings. The molecule has 0 spiro atoms. The van der Waals surface area contributed by atoms with Gasteiger partial charge in [0.15, 0.2) is 0 Å². The van der Waals surface area contributed by atoms with E-state index < -0.39 is 35.2 Å². The number of rotatable bonds is 4. The van der Waals surface area contributed by atoms with E-state index in [9.17, 15) is 19.2 Å². The van der Waals surface area contributed by atoms with Crippen molar-refractivity contribution < 1.29 is 19.1 Å². The summed E-state index contributed by atoms with van der Waals surface area (Å²) in [7, 11) is 1.52. The van der Waals surface area contributed by atoms with Crippen LogP contribution in [0.25, 0.3) is 0 Å². The molecule has 0 aliphatic carbocycles. The van der Waals surface area contributed by atoms with Gasteiger partial charge in [-0.05, 0) is 24.6 Å². The molecule has 9 heteroatoms. The van der Waals surface area contributed by atoms with Crippen LogP contribution in [0, 0.1) is 12.8 Å². The molecule has 4 N–H and O–H groups in total. The summed E-state index contributed by atoms with van der Waals surface area (Å²) in [6.07, 6.45) is 0. The number of carbonyl (C=O) groups is 3. The molecule has 1 aromatic heterocycles. The van der Waals surface area contributed by atoms with Gasteiger partial charge >= 0.3 is 6.03 Å². The average molecular weight is 344 g/mol. The fourth-order valence-electron chi connectivity index (χ4n) is 3.00. The Hall–Kier alpha value is -3.36. The molecule has 1 atom stereocenters. The summed E-state index contributed by atoms with van der Waals surface area (Å²) < 4.78 is 5.11. The van der Waals surface area contributed by atoms with Gasteiger partial charge in [-0.25, -0.2) is 4.79 Å². The second-order valence-corrected chi connectivity index (χ2v) is 5.65. The van der Waals surface area contributed by atoms with Crippen LogP contribution in [0.2, 0.25) is 0 Å². The van der Waals surface area contributed by atoms with Crippen LogP contribution in [0.15, 0.2) is 29.1 Å². The standard InChI is InChI=1S/C16H16N4O5/c1-7-10(15(23)20-19-7)11(8-3-5-9(25-2)6-4-8)12-13(21)17-16(24)18-14(12)22/h3-6,11-12H,1-2H3,(H2,19,20,23)(H2,17,18,21,22,24). The predicted molar refractivity (Wildman–Crippen MR) is 86.2 cm³/mol. The molecule has 0 radical (unpaired) electrons. The Morgan fingerprint density at radius 3 is 2.04 bits per heavy atom. The van der Waals surface area contributed by atoms with Crippen LogP contribution in [0.4, 0.5) is 4.79 Å². The highest BCUT2D eigenvalue weighted by atomic mass is 16.5. The minimum absolute atomic E-state index is 0.259. The molecule has 1 saturated heterocycles. The lowest BCUT2D eigenvalue weighted by Crippen LogP contribution is -2.57. The first-order valence-corrected chi connectivity index (χ1v) is 7.49. The highest BCUT2D eigenvalue weighted by Gasteiger charge is 2.43. The number of carbonyl (C=O) groups excluding carboxylic acids is 3. The lowest BCUT2D eigenvalue weighted by atomic mass is 9.79. The third kappa shape index (κ3) is 2.91. The number of amides is 4. The molecular formula is C16H16N4O5. The SMILES string of the molecule is COc1ccc(C(c2c(C)[nH][nH]c2=O)C2C(=O)NC(=O)NC2=O)cc1. The van der Waals surface area contributed by atoms with Crippen molar-refractivity contribution in [1.29, 1.82) is 0 Å². The van der Waals surface area contributed by atoms with E-state index in [0.29, 0.717) is 17.0 Å². The number of barbiturate groups is 1. The van der Waals surface area contributed by atoms with Gasteiger partial charge in [-0.3, -0.25) is 30.1 Å². The molecule has 1 unspecified atom stereocenters. The molecule has 4 amide bonds. The topological polar surface area (TPSA) is 133 Å². The van der Waals surface area contributed by atoms with Gasteiger partial charge < -0.3 is 9.84 Å². The van der Waals surface area contributed by atoms with E-state index in [1.807, 2.05) is 0 Å². The van der Waals surface area contributed by atoms with E-state index in [2.05, 4.69) is 20.8 Å². The minimum atomic E-state index is -1.26. The Kier molecular flexibility index (Phi) is 4.14. The van der Waals surface area contributed by atoms with E-state index in [-0.39, 0.29) is 5.56 Å². The maximum atomic E-state index is 12.3. The molecule has 1 aliphatic heterocycles. The van der Waals surface area contributed by atoms with Crippen molar-refractivity contribution in [3.63, 3.8) is 0 Å². The summed E-state index contributed by atoms with van der Waals surface area (Å²) in [6.45, 7) is 1.66. The lowest BCUT2D eigenvalue weighted by Gasteiger charge is -2.28. The molecule has 2 heterocycles. The number of hydrogen-bond donors (Lipinski definition) is 4. The molecule has 1 aliphatic rings. The van der Waals surface area contributed by atoms with Crippen LogP contribution in [-0.2, 0) is 9.59 Å². The van der Waals surface area contributed by atoms with Crippen molar-refractivity contribution in [1.82, 2.24) is 20.8 Å². The molecule has 130 valence electrons. The summed E-state index contributed by atoms with van der Waals surface area (Å²) in [5, 5.41) is 9.30. The number of aromatic nitrogens is 2. The van der Waals surface area contributed by atoms with Crippen LogP contribution < -0.4 is 20.9 Å². The molecule has 25 heavy (non-hydrogen) atoms. The van der Waals surface area contributed by atoms with E-state index in [4.69, 9.17) is 4.74 Å². The van der Waals surface area contributed by atoms with Gasteiger partial charge in [-0.2, -0.15) is 0 Å². The Morgan fingerprint density at radius 1 is 0.960 bits per heavy atom. The Morgan fingerprint density at radius 2 is 1.56 bits per heavy atom. The third-order valence-electron chi connectivity index (χ3n) is 4.17. The van der Waals surface area contributed by atoms with Gasteiger partial charge in [0.1, 0.15) is 11.7 Å². The first kappa shape index (κ1) is 16.5. The van der Waals surface area contributed by atoms with Crippen LogP contribution in [0.5, 0.6) is 5.75 Å². The van der Waals surface area contributed by atoms with Crippen molar-refractivity contribution in [2.24, 2.45) is 5.92 Å². The zero-order valence-electron chi connectivity index (χ0n) is 13.5. The van der Waals surface area contributed by atoms with E-state index >= 15 is 0 Å². The van der Waals surface area contributed by atoms with Gasteiger partial charge in [0.2, 0.25) is 11.8 Å². The second-order valence-electron chi connectivity index (χ2n) is 5.65. The summed E-state index contributed by atoms with van der Waals surface area (Å²) in [5.41, 5.74) is 0.896. The Labute approximate surface area is 141 Å². The molecule has 3 rings (SSSR count). The first-order valence-electron chi connectivity index (χ1n) is 7.49. The summed E-state index contributed by atoms with van der Waals surface area (Å²) in [6, 6.07) is 5.81. The van der Waals surface area contributed by atoms with Crippen molar-refractivity contribution in [3.05, 3.63) is 51.4 Å². The Bertz CT molecular complexity index is 876. The number of ether oxygens (including phenoxy) is 1. The van der Waals surface area contributed by atoms with Gasteiger partial charge in [0.25, 0.3) is 5.56 Å². The summed E-state index contributed by atoms with van der Waals surface area (Å²) in [5.74, 6) is -3.05. The average Bonchev–Trinajstić information content (AvgIpc) is 2.90. The molecular weight excluding hydrogens is 328 g/mol. The van der Waals surface area contributed by atoms with Gasteiger partial charge in [-0.15, -0.1) is 0 Å². The molecule has 9 nitrogen and oxygen atoms in total. The van der Waals surface area contributed by atoms with Crippen molar-refractivity contribution in [2.75, 3.05) is 7.11 Å². The predicted octanol–water partition coefficient (Wildman–Crippen LogP) is 0.134. The number of urea groups is 1. The van der Waals surface area contributed by atoms with Gasteiger partial charge in [-0.1, -0.05) is 12.1 Å². The quantitative estimate of drug-likeness (QED) is 0.585. The zero-order valence-corrected chi connectivity index (χ0v) is 13.5. The number of aromatic amines is 2. The fraction of sp³-hybridized carbons (Fsp3) is 0.250. The number of nitrogens with one attached hydrogen (secondary N) is 4. The largest absolute Gasteiger partial charge is 0.497 e. The number of aryl methyl sites for hydroxylation is 1. The molecule has 1 aromatic carbocycles. The van der Waals surface area contributed by atoms with Crippen molar-refractivity contribution >= 4 is 17.8 Å². The highest BCUT2D eigenvalue weighted by Crippen LogP contribution is 2.34. The monoisotopic (exact) mass is 344 g/mol. The fourth-order valence-corrected chi connectivity index (χ4v) is 3.00. The molecule has 0 bridgehead atoms. The minimum Gasteiger partial charge on any atom is -0.497 e.